The summed E-state index contributed by atoms with van der Waals surface area (Å²) in [6, 6.07) is 12.2. The zero-order valence-electron chi connectivity index (χ0n) is 14.5. The van der Waals surface area contributed by atoms with Crippen molar-refractivity contribution in [3.63, 3.8) is 0 Å². The summed E-state index contributed by atoms with van der Waals surface area (Å²) in [6.07, 6.45) is 5.61. The second-order valence-corrected chi connectivity index (χ2v) is 6.77. The van der Waals surface area contributed by atoms with Crippen molar-refractivity contribution in [2.45, 2.75) is 31.7 Å². The van der Waals surface area contributed by atoms with Crippen LogP contribution in [0.4, 0.5) is 0 Å². The van der Waals surface area contributed by atoms with Crippen LogP contribution in [0.2, 0.25) is 0 Å². The Morgan fingerprint density at radius 3 is 2.79 bits per heavy atom. The van der Waals surface area contributed by atoms with E-state index in [1.54, 1.807) is 0 Å². The minimum atomic E-state index is 0.0199. The van der Waals surface area contributed by atoms with E-state index < -0.39 is 0 Å². The van der Waals surface area contributed by atoms with Gasteiger partial charge in [0.25, 0.3) is 5.91 Å². The molecule has 1 aliphatic carbocycles. The van der Waals surface area contributed by atoms with Gasteiger partial charge in [-0.1, -0.05) is 18.2 Å². The lowest BCUT2D eigenvalue weighted by atomic mass is 9.91. The molecule has 1 aromatic carbocycles. The number of nitrogens with zero attached hydrogens (tertiary/aromatic N) is 2. The summed E-state index contributed by atoms with van der Waals surface area (Å²) < 4.78 is 0. The Bertz CT molecular complexity index is 694. The maximum absolute atomic E-state index is 12.5. The van der Waals surface area contributed by atoms with E-state index in [1.165, 1.54) is 16.8 Å². The average molecular weight is 323 g/mol. The zero-order chi connectivity index (χ0) is 16.9. The van der Waals surface area contributed by atoms with Crippen molar-refractivity contribution >= 4 is 5.91 Å². The minimum absolute atomic E-state index is 0.0199. The van der Waals surface area contributed by atoms with Crippen LogP contribution < -0.4 is 5.32 Å². The van der Waals surface area contributed by atoms with Crippen LogP contribution in [-0.4, -0.2) is 42.5 Å². The molecular formula is C20H25N3O. The highest BCUT2D eigenvalue weighted by atomic mass is 16.1. The molecule has 4 nitrogen and oxygen atoms in total. The maximum atomic E-state index is 12.5. The number of hydrogen-bond acceptors (Lipinski definition) is 3. The van der Waals surface area contributed by atoms with Gasteiger partial charge in [0.2, 0.25) is 0 Å². The van der Waals surface area contributed by atoms with Crippen molar-refractivity contribution in [1.82, 2.24) is 15.2 Å². The van der Waals surface area contributed by atoms with E-state index in [4.69, 9.17) is 0 Å². The van der Waals surface area contributed by atoms with Gasteiger partial charge in [0, 0.05) is 30.0 Å². The Morgan fingerprint density at radius 1 is 1.25 bits per heavy atom. The van der Waals surface area contributed by atoms with E-state index in [0.29, 0.717) is 0 Å². The monoisotopic (exact) mass is 323 g/mol. The highest BCUT2D eigenvalue weighted by molar-refractivity contribution is 5.94. The van der Waals surface area contributed by atoms with E-state index in [0.717, 1.165) is 37.8 Å². The van der Waals surface area contributed by atoms with Crippen LogP contribution in [0.15, 0.2) is 42.6 Å². The molecule has 126 valence electrons. The first-order valence-electron chi connectivity index (χ1n) is 8.59. The molecule has 0 saturated carbocycles. The standard InChI is InChI=1S/C20H25N3O/c1-23(2)13-11-15-5-7-16(8-6-15)20(24)22-18-9-10-19-17(14-18)4-3-12-21-19/h3-8,12,18H,9-11,13-14H2,1-2H3,(H,22,24). The van der Waals surface area contributed by atoms with Gasteiger partial charge in [0.1, 0.15) is 0 Å². The van der Waals surface area contributed by atoms with Crippen molar-refractivity contribution in [2.75, 3.05) is 20.6 Å². The fourth-order valence-electron chi connectivity index (χ4n) is 3.13. The van der Waals surface area contributed by atoms with Crippen LogP contribution in [0, 0.1) is 0 Å². The number of rotatable bonds is 5. The number of likely N-dealkylation sites (N-methyl/N-ethyl adjacent to an activating group) is 1. The average Bonchev–Trinajstić information content (AvgIpc) is 2.60. The van der Waals surface area contributed by atoms with Gasteiger partial charge >= 0.3 is 0 Å². The van der Waals surface area contributed by atoms with Crippen molar-refractivity contribution in [2.24, 2.45) is 0 Å². The number of benzene rings is 1. The first-order chi connectivity index (χ1) is 11.6. The van der Waals surface area contributed by atoms with Crippen molar-refractivity contribution in [3.8, 4) is 0 Å². The van der Waals surface area contributed by atoms with E-state index >= 15 is 0 Å². The molecule has 1 unspecified atom stereocenters. The molecule has 0 saturated heterocycles. The number of carbonyl (C=O) groups excluding carboxylic acids is 1. The van der Waals surface area contributed by atoms with Crippen LogP contribution in [0.5, 0.6) is 0 Å². The van der Waals surface area contributed by atoms with E-state index in [1.807, 2.05) is 24.4 Å². The summed E-state index contributed by atoms with van der Waals surface area (Å²) in [6.45, 7) is 1.01. The Labute approximate surface area is 143 Å². The fraction of sp³-hybridized carbons (Fsp3) is 0.400. The number of carbonyl (C=O) groups is 1. The third-order valence-corrected chi connectivity index (χ3v) is 4.58. The van der Waals surface area contributed by atoms with Gasteiger partial charge in [-0.3, -0.25) is 9.78 Å². The van der Waals surface area contributed by atoms with Gasteiger partial charge < -0.3 is 10.2 Å². The third kappa shape index (κ3) is 4.20. The summed E-state index contributed by atoms with van der Waals surface area (Å²) in [5.74, 6) is 0.0199. The van der Waals surface area contributed by atoms with Crippen molar-refractivity contribution < 1.29 is 4.79 Å². The number of nitrogens with one attached hydrogen (secondary N) is 1. The molecule has 24 heavy (non-hydrogen) atoms. The summed E-state index contributed by atoms with van der Waals surface area (Å²) in [5, 5.41) is 3.17. The molecule has 2 aromatic rings. The second-order valence-electron chi connectivity index (χ2n) is 6.77. The zero-order valence-corrected chi connectivity index (χ0v) is 14.5. The lowest BCUT2D eigenvalue weighted by molar-refractivity contribution is 0.0933. The molecule has 4 heteroatoms. The lowest BCUT2D eigenvalue weighted by Gasteiger charge is -2.24. The summed E-state index contributed by atoms with van der Waals surface area (Å²) in [5.41, 5.74) is 4.43. The molecular weight excluding hydrogens is 298 g/mol. The smallest absolute Gasteiger partial charge is 0.251 e. The van der Waals surface area contributed by atoms with Crippen molar-refractivity contribution in [3.05, 3.63) is 65.0 Å². The predicted octanol–water partition coefficient (Wildman–Crippen LogP) is 2.47. The molecule has 3 rings (SSSR count). The molecule has 0 radical (unpaired) electrons. The number of hydrogen-bond donors (Lipinski definition) is 1. The molecule has 1 amide bonds. The Hall–Kier alpha value is -2.20. The summed E-state index contributed by atoms with van der Waals surface area (Å²) >= 11 is 0. The van der Waals surface area contributed by atoms with Gasteiger partial charge in [-0.15, -0.1) is 0 Å². The van der Waals surface area contributed by atoms with Gasteiger partial charge in [-0.2, -0.15) is 0 Å². The van der Waals surface area contributed by atoms with Gasteiger partial charge in [-0.05, 0) is 69.1 Å². The maximum Gasteiger partial charge on any atom is 0.251 e. The highest BCUT2D eigenvalue weighted by Crippen LogP contribution is 2.19. The van der Waals surface area contributed by atoms with Gasteiger partial charge in [-0.25, -0.2) is 0 Å². The van der Waals surface area contributed by atoms with Crippen LogP contribution >= 0.6 is 0 Å². The van der Waals surface area contributed by atoms with Gasteiger partial charge in [0.15, 0.2) is 0 Å². The van der Waals surface area contributed by atoms with Crippen LogP contribution in [0.3, 0.4) is 0 Å². The Balaban J connectivity index is 1.57. The number of amides is 1. The summed E-state index contributed by atoms with van der Waals surface area (Å²) in [7, 11) is 4.14. The molecule has 1 heterocycles. The summed E-state index contributed by atoms with van der Waals surface area (Å²) in [4.78, 5) is 19.0. The van der Waals surface area contributed by atoms with E-state index in [2.05, 4.69) is 47.5 Å². The molecule has 1 aromatic heterocycles. The van der Waals surface area contributed by atoms with E-state index in [-0.39, 0.29) is 11.9 Å². The predicted molar refractivity (Wildman–Crippen MR) is 96.2 cm³/mol. The lowest BCUT2D eigenvalue weighted by Crippen LogP contribution is -2.39. The quantitative estimate of drug-likeness (QED) is 0.919. The topological polar surface area (TPSA) is 45.2 Å². The van der Waals surface area contributed by atoms with E-state index in [9.17, 15) is 4.79 Å². The normalized spacial score (nSPS) is 16.7. The van der Waals surface area contributed by atoms with Crippen LogP contribution in [-0.2, 0) is 19.3 Å². The Kier molecular flexibility index (Phi) is 5.26. The molecule has 0 spiro atoms. The molecule has 0 aliphatic heterocycles. The number of pyridine rings is 1. The fourth-order valence-corrected chi connectivity index (χ4v) is 3.13. The number of aryl methyl sites for hydroxylation is 1. The molecule has 1 aliphatic rings. The SMILES string of the molecule is CN(C)CCc1ccc(C(=O)NC2CCc3ncccc3C2)cc1. The van der Waals surface area contributed by atoms with Crippen LogP contribution in [0.25, 0.3) is 0 Å². The second kappa shape index (κ2) is 7.58. The number of aromatic nitrogens is 1. The molecule has 0 bridgehead atoms. The molecule has 0 fully saturated rings. The largest absolute Gasteiger partial charge is 0.349 e. The van der Waals surface area contributed by atoms with Gasteiger partial charge in [0.05, 0.1) is 0 Å². The highest BCUT2D eigenvalue weighted by Gasteiger charge is 2.21. The Morgan fingerprint density at radius 2 is 2.04 bits per heavy atom. The first kappa shape index (κ1) is 16.7. The first-order valence-corrected chi connectivity index (χ1v) is 8.59. The minimum Gasteiger partial charge on any atom is -0.349 e. The molecule has 1 N–H and O–H groups in total. The van der Waals surface area contributed by atoms with Crippen molar-refractivity contribution in [1.29, 1.82) is 0 Å². The molecule has 1 atom stereocenters. The number of fused-ring (bicyclic) bond motifs is 1. The third-order valence-electron chi connectivity index (χ3n) is 4.58. The van der Waals surface area contributed by atoms with Crippen LogP contribution in [0.1, 0.15) is 33.6 Å².